The highest BCUT2D eigenvalue weighted by Gasteiger charge is 2.26. The Morgan fingerprint density at radius 3 is 2.74 bits per heavy atom. The maximum atomic E-state index is 13.9. The highest BCUT2D eigenvalue weighted by Crippen LogP contribution is 2.34. The van der Waals surface area contributed by atoms with Crippen molar-refractivity contribution in [1.29, 1.82) is 0 Å². The van der Waals surface area contributed by atoms with E-state index in [4.69, 9.17) is 10.1 Å². The van der Waals surface area contributed by atoms with Crippen LogP contribution >= 0.6 is 0 Å². The lowest BCUT2D eigenvalue weighted by Crippen LogP contribution is -2.34. The SMILES string of the molecule is CN(C)c1cccc(-c2cnc3ccc(N4CCCCC4c4cccc(F)c4)nn23)n1. The van der Waals surface area contributed by atoms with Crippen molar-refractivity contribution >= 4 is 17.3 Å². The first-order chi connectivity index (χ1) is 15.1. The fourth-order valence-electron chi connectivity index (χ4n) is 4.27. The lowest BCUT2D eigenvalue weighted by molar-refractivity contribution is 0.465. The minimum atomic E-state index is -0.199. The number of rotatable bonds is 4. The van der Waals surface area contributed by atoms with Gasteiger partial charge in [0.25, 0.3) is 0 Å². The van der Waals surface area contributed by atoms with Crippen LogP contribution in [0.15, 0.2) is 60.8 Å². The molecule has 6 nitrogen and oxygen atoms in total. The summed E-state index contributed by atoms with van der Waals surface area (Å²) in [5.74, 6) is 1.55. The lowest BCUT2D eigenvalue weighted by atomic mass is 9.95. The molecule has 1 aliphatic rings. The lowest BCUT2D eigenvalue weighted by Gasteiger charge is -2.37. The van der Waals surface area contributed by atoms with Gasteiger partial charge in [-0.2, -0.15) is 0 Å². The van der Waals surface area contributed by atoms with Crippen LogP contribution in [-0.2, 0) is 0 Å². The van der Waals surface area contributed by atoms with Gasteiger partial charge in [0, 0.05) is 20.6 Å². The molecule has 7 heteroatoms. The molecule has 4 aromatic rings. The molecule has 158 valence electrons. The molecule has 1 atom stereocenters. The molecule has 0 spiro atoms. The first kappa shape index (κ1) is 19.5. The third-order valence-corrected chi connectivity index (χ3v) is 5.83. The molecule has 1 fully saturated rings. The van der Waals surface area contributed by atoms with Crippen molar-refractivity contribution in [2.75, 3.05) is 30.4 Å². The van der Waals surface area contributed by atoms with E-state index in [-0.39, 0.29) is 11.9 Å². The number of anilines is 2. The van der Waals surface area contributed by atoms with E-state index in [9.17, 15) is 4.39 Å². The Morgan fingerprint density at radius 1 is 1.03 bits per heavy atom. The highest BCUT2D eigenvalue weighted by molar-refractivity contribution is 5.62. The summed E-state index contributed by atoms with van der Waals surface area (Å²) in [5.41, 5.74) is 3.44. The smallest absolute Gasteiger partial charge is 0.154 e. The highest BCUT2D eigenvalue weighted by atomic mass is 19.1. The van der Waals surface area contributed by atoms with E-state index < -0.39 is 0 Å². The van der Waals surface area contributed by atoms with E-state index in [0.29, 0.717) is 0 Å². The number of imidazole rings is 1. The number of halogens is 1. The predicted octanol–water partition coefficient (Wildman–Crippen LogP) is 4.73. The molecule has 1 unspecified atom stereocenters. The fraction of sp³-hybridized carbons (Fsp3) is 0.292. The normalized spacial score (nSPS) is 16.6. The quantitative estimate of drug-likeness (QED) is 0.481. The second kappa shape index (κ2) is 7.98. The number of aromatic nitrogens is 4. The van der Waals surface area contributed by atoms with Gasteiger partial charge in [0.15, 0.2) is 5.65 Å². The van der Waals surface area contributed by atoms with Crippen LogP contribution in [0.2, 0.25) is 0 Å². The van der Waals surface area contributed by atoms with E-state index in [2.05, 4.69) is 9.88 Å². The van der Waals surface area contributed by atoms with Crippen molar-refractivity contribution in [1.82, 2.24) is 19.6 Å². The number of hydrogen-bond donors (Lipinski definition) is 0. The average molecular weight is 417 g/mol. The van der Waals surface area contributed by atoms with Gasteiger partial charge < -0.3 is 9.80 Å². The van der Waals surface area contributed by atoms with Crippen LogP contribution in [0.25, 0.3) is 17.0 Å². The molecule has 0 N–H and O–H groups in total. The zero-order valence-corrected chi connectivity index (χ0v) is 17.7. The van der Waals surface area contributed by atoms with Crippen molar-refractivity contribution in [3.05, 3.63) is 72.2 Å². The molecule has 5 rings (SSSR count). The van der Waals surface area contributed by atoms with Crippen molar-refractivity contribution in [3.8, 4) is 11.4 Å². The molecule has 0 amide bonds. The molecule has 3 aromatic heterocycles. The minimum Gasteiger partial charge on any atom is -0.363 e. The van der Waals surface area contributed by atoms with Gasteiger partial charge in [0.05, 0.1) is 17.9 Å². The number of nitrogens with zero attached hydrogens (tertiary/aromatic N) is 6. The fourth-order valence-corrected chi connectivity index (χ4v) is 4.27. The summed E-state index contributed by atoms with van der Waals surface area (Å²) in [5, 5.41) is 4.94. The summed E-state index contributed by atoms with van der Waals surface area (Å²) >= 11 is 0. The van der Waals surface area contributed by atoms with Crippen LogP contribution in [0.3, 0.4) is 0 Å². The number of hydrogen-bond acceptors (Lipinski definition) is 5. The Labute approximate surface area is 181 Å². The maximum absolute atomic E-state index is 13.9. The van der Waals surface area contributed by atoms with Crippen LogP contribution < -0.4 is 9.80 Å². The molecular formula is C24H25FN6. The van der Waals surface area contributed by atoms with Crippen LogP contribution in [0.5, 0.6) is 0 Å². The summed E-state index contributed by atoms with van der Waals surface area (Å²) in [7, 11) is 3.94. The third-order valence-electron chi connectivity index (χ3n) is 5.83. The average Bonchev–Trinajstić information content (AvgIpc) is 3.22. The summed E-state index contributed by atoms with van der Waals surface area (Å²) in [4.78, 5) is 13.5. The van der Waals surface area contributed by atoms with Gasteiger partial charge in [-0.3, -0.25) is 0 Å². The zero-order chi connectivity index (χ0) is 21.4. The third kappa shape index (κ3) is 3.71. The number of pyridine rings is 1. The van der Waals surface area contributed by atoms with Gasteiger partial charge in [-0.1, -0.05) is 18.2 Å². The molecular weight excluding hydrogens is 391 g/mol. The van der Waals surface area contributed by atoms with Crippen LogP contribution in [0.4, 0.5) is 16.0 Å². The van der Waals surface area contributed by atoms with Gasteiger partial charge in [-0.15, -0.1) is 5.10 Å². The van der Waals surface area contributed by atoms with Crippen molar-refractivity contribution in [2.24, 2.45) is 0 Å². The topological polar surface area (TPSA) is 49.6 Å². The van der Waals surface area contributed by atoms with Crippen molar-refractivity contribution in [3.63, 3.8) is 0 Å². The Bertz CT molecular complexity index is 1220. The molecule has 0 saturated carbocycles. The van der Waals surface area contributed by atoms with Crippen LogP contribution in [0.1, 0.15) is 30.9 Å². The largest absolute Gasteiger partial charge is 0.363 e. The molecule has 31 heavy (non-hydrogen) atoms. The predicted molar refractivity (Wildman–Crippen MR) is 121 cm³/mol. The Balaban J connectivity index is 1.56. The van der Waals surface area contributed by atoms with Crippen molar-refractivity contribution < 1.29 is 4.39 Å². The van der Waals surface area contributed by atoms with E-state index >= 15 is 0 Å². The number of benzene rings is 1. The van der Waals surface area contributed by atoms with Crippen LogP contribution in [0, 0.1) is 5.82 Å². The molecule has 4 heterocycles. The number of fused-ring (bicyclic) bond motifs is 1. The Kier molecular flexibility index (Phi) is 5.02. The van der Waals surface area contributed by atoms with E-state index in [0.717, 1.165) is 60.0 Å². The minimum absolute atomic E-state index is 0.108. The monoisotopic (exact) mass is 416 g/mol. The standard InChI is InChI=1S/C24H25FN6/c1-29(2)23-11-6-9-19(27-23)21-16-26-22-12-13-24(28-31(21)22)30-14-4-3-10-20(30)17-7-5-8-18(25)15-17/h5-9,11-13,15-16,20H,3-4,10,14H2,1-2H3. The molecule has 1 saturated heterocycles. The molecule has 1 aromatic carbocycles. The summed E-state index contributed by atoms with van der Waals surface area (Å²) in [6.45, 7) is 0.887. The zero-order valence-electron chi connectivity index (χ0n) is 17.7. The van der Waals surface area contributed by atoms with Gasteiger partial charge in [-0.25, -0.2) is 18.9 Å². The summed E-state index contributed by atoms with van der Waals surface area (Å²) in [6.07, 6.45) is 5.01. The Morgan fingerprint density at radius 2 is 1.90 bits per heavy atom. The van der Waals surface area contributed by atoms with E-state index in [1.54, 1.807) is 12.1 Å². The molecule has 0 radical (unpaired) electrons. The molecule has 1 aliphatic heterocycles. The summed E-state index contributed by atoms with van der Waals surface area (Å²) < 4.78 is 15.7. The second-order valence-corrected chi connectivity index (χ2v) is 8.14. The van der Waals surface area contributed by atoms with Crippen LogP contribution in [-0.4, -0.2) is 40.2 Å². The summed E-state index contributed by atoms with van der Waals surface area (Å²) in [6, 6.07) is 17.0. The van der Waals surface area contributed by atoms with Crippen molar-refractivity contribution in [2.45, 2.75) is 25.3 Å². The van der Waals surface area contributed by atoms with Gasteiger partial charge in [0.2, 0.25) is 0 Å². The number of piperidine rings is 1. The Hall–Kier alpha value is -3.48. The molecule has 0 aliphatic carbocycles. The van der Waals surface area contributed by atoms with E-state index in [1.165, 1.54) is 6.07 Å². The first-order valence-electron chi connectivity index (χ1n) is 10.6. The molecule has 0 bridgehead atoms. The second-order valence-electron chi connectivity index (χ2n) is 8.14. The van der Waals surface area contributed by atoms with Gasteiger partial charge in [-0.05, 0) is 61.2 Å². The van der Waals surface area contributed by atoms with Gasteiger partial charge in [0.1, 0.15) is 23.1 Å². The van der Waals surface area contributed by atoms with Gasteiger partial charge >= 0.3 is 0 Å². The van der Waals surface area contributed by atoms with E-state index in [1.807, 2.05) is 66.1 Å². The first-order valence-corrected chi connectivity index (χ1v) is 10.6. The maximum Gasteiger partial charge on any atom is 0.154 e.